The van der Waals surface area contributed by atoms with Crippen LogP contribution in [-0.2, 0) is 6.54 Å². The number of rotatable bonds is 6. The van der Waals surface area contributed by atoms with Crippen LogP contribution < -0.4 is 5.46 Å². The first kappa shape index (κ1) is 16.4. The molecule has 1 atom stereocenters. The van der Waals surface area contributed by atoms with E-state index in [1.165, 1.54) is 18.9 Å². The minimum Gasteiger partial charge on any atom is -0.423 e. The minimum absolute atomic E-state index is 0.203. The standard InChI is InChI=1S/C15H24BFN2O2/c1-3-19-6-4-5-15(19)11-18(2)10-12-7-13(16(20)21)9-14(17)8-12/h7-9,15,20-21H,3-6,10-11H2,1-2H3. The molecule has 0 bridgehead atoms. The molecule has 1 heterocycles. The molecule has 1 aromatic rings. The first-order valence-corrected chi connectivity index (χ1v) is 7.57. The molecule has 0 saturated carbocycles. The summed E-state index contributed by atoms with van der Waals surface area (Å²) in [6, 6.07) is 4.83. The van der Waals surface area contributed by atoms with E-state index in [-0.39, 0.29) is 5.46 Å². The molecular weight excluding hydrogens is 270 g/mol. The smallest absolute Gasteiger partial charge is 0.423 e. The van der Waals surface area contributed by atoms with Gasteiger partial charge in [-0.05, 0) is 56.1 Å². The number of benzene rings is 1. The normalized spacial score (nSPS) is 19.4. The highest BCUT2D eigenvalue weighted by Gasteiger charge is 2.24. The molecular formula is C15H24BFN2O2. The van der Waals surface area contributed by atoms with Gasteiger partial charge < -0.3 is 14.9 Å². The Hall–Kier alpha value is -0.945. The van der Waals surface area contributed by atoms with Crippen molar-refractivity contribution in [3.8, 4) is 0 Å². The Morgan fingerprint density at radius 2 is 2.14 bits per heavy atom. The van der Waals surface area contributed by atoms with E-state index in [0.29, 0.717) is 12.6 Å². The van der Waals surface area contributed by atoms with Gasteiger partial charge in [-0.1, -0.05) is 13.0 Å². The van der Waals surface area contributed by atoms with Crippen LogP contribution in [0.1, 0.15) is 25.3 Å². The van der Waals surface area contributed by atoms with Gasteiger partial charge in [-0.2, -0.15) is 0 Å². The van der Waals surface area contributed by atoms with Crippen LogP contribution in [0.3, 0.4) is 0 Å². The Morgan fingerprint density at radius 1 is 1.38 bits per heavy atom. The zero-order valence-electron chi connectivity index (χ0n) is 12.8. The average molecular weight is 294 g/mol. The van der Waals surface area contributed by atoms with Crippen LogP contribution in [0, 0.1) is 5.82 Å². The van der Waals surface area contributed by atoms with E-state index in [2.05, 4.69) is 16.7 Å². The first-order valence-electron chi connectivity index (χ1n) is 7.57. The molecule has 21 heavy (non-hydrogen) atoms. The molecule has 0 aromatic heterocycles. The fraction of sp³-hybridized carbons (Fsp3) is 0.600. The van der Waals surface area contributed by atoms with Gasteiger partial charge in [0.2, 0.25) is 0 Å². The predicted octanol–water partition coefficient (Wildman–Crippen LogP) is 0.422. The van der Waals surface area contributed by atoms with E-state index in [9.17, 15) is 14.4 Å². The molecule has 2 N–H and O–H groups in total. The first-order chi connectivity index (χ1) is 9.99. The third-order valence-electron chi connectivity index (χ3n) is 4.16. The Kier molecular flexibility index (Phi) is 5.76. The fourth-order valence-corrected chi connectivity index (χ4v) is 3.17. The highest BCUT2D eigenvalue weighted by molar-refractivity contribution is 6.58. The highest BCUT2D eigenvalue weighted by Crippen LogP contribution is 2.18. The summed E-state index contributed by atoms with van der Waals surface area (Å²) < 4.78 is 13.5. The quantitative estimate of drug-likeness (QED) is 0.747. The number of hydrogen-bond donors (Lipinski definition) is 2. The Balaban J connectivity index is 1.97. The van der Waals surface area contributed by atoms with Gasteiger partial charge in [-0.25, -0.2) is 4.39 Å². The van der Waals surface area contributed by atoms with Gasteiger partial charge in [0.25, 0.3) is 0 Å². The Bertz CT molecular complexity index is 473. The zero-order valence-corrected chi connectivity index (χ0v) is 12.8. The molecule has 0 spiro atoms. The monoisotopic (exact) mass is 294 g/mol. The second kappa shape index (κ2) is 7.36. The fourth-order valence-electron chi connectivity index (χ4n) is 3.17. The molecule has 1 aliphatic rings. The third-order valence-corrected chi connectivity index (χ3v) is 4.16. The number of likely N-dealkylation sites (N-methyl/N-ethyl adjacent to an activating group) is 2. The second-order valence-corrected chi connectivity index (χ2v) is 5.89. The summed E-state index contributed by atoms with van der Waals surface area (Å²) in [4.78, 5) is 4.64. The van der Waals surface area contributed by atoms with Crippen molar-refractivity contribution in [2.24, 2.45) is 0 Å². The van der Waals surface area contributed by atoms with E-state index in [4.69, 9.17) is 0 Å². The third kappa shape index (κ3) is 4.51. The van der Waals surface area contributed by atoms with Crippen LogP contribution in [0.25, 0.3) is 0 Å². The van der Waals surface area contributed by atoms with Crippen LogP contribution in [0.15, 0.2) is 18.2 Å². The van der Waals surface area contributed by atoms with Gasteiger partial charge >= 0.3 is 7.12 Å². The van der Waals surface area contributed by atoms with Crippen LogP contribution in [0.5, 0.6) is 0 Å². The van der Waals surface area contributed by atoms with E-state index < -0.39 is 12.9 Å². The van der Waals surface area contributed by atoms with E-state index in [0.717, 1.165) is 31.3 Å². The van der Waals surface area contributed by atoms with Gasteiger partial charge in [0.05, 0.1) is 0 Å². The summed E-state index contributed by atoms with van der Waals surface area (Å²) in [6.07, 6.45) is 2.45. The van der Waals surface area contributed by atoms with E-state index in [1.54, 1.807) is 6.07 Å². The van der Waals surface area contributed by atoms with Crippen LogP contribution in [0.4, 0.5) is 4.39 Å². The van der Waals surface area contributed by atoms with Crippen molar-refractivity contribution in [2.75, 3.05) is 26.7 Å². The molecule has 6 heteroatoms. The lowest BCUT2D eigenvalue weighted by atomic mass is 9.79. The van der Waals surface area contributed by atoms with Crippen molar-refractivity contribution in [3.05, 3.63) is 29.6 Å². The van der Waals surface area contributed by atoms with Gasteiger partial charge in [0.15, 0.2) is 0 Å². The van der Waals surface area contributed by atoms with Crippen molar-refractivity contribution in [2.45, 2.75) is 32.4 Å². The van der Waals surface area contributed by atoms with Crippen molar-refractivity contribution < 1.29 is 14.4 Å². The molecule has 0 amide bonds. The zero-order chi connectivity index (χ0) is 15.4. The predicted molar refractivity (Wildman–Crippen MR) is 82.8 cm³/mol. The molecule has 1 aromatic carbocycles. The lowest BCUT2D eigenvalue weighted by Crippen LogP contribution is -2.38. The topological polar surface area (TPSA) is 46.9 Å². The molecule has 2 rings (SSSR count). The highest BCUT2D eigenvalue weighted by atomic mass is 19.1. The second-order valence-electron chi connectivity index (χ2n) is 5.89. The molecule has 1 unspecified atom stereocenters. The maximum atomic E-state index is 13.5. The van der Waals surface area contributed by atoms with Crippen LogP contribution in [0.2, 0.25) is 0 Å². The summed E-state index contributed by atoms with van der Waals surface area (Å²) in [6.45, 7) is 5.96. The maximum absolute atomic E-state index is 13.5. The van der Waals surface area contributed by atoms with Crippen molar-refractivity contribution in [3.63, 3.8) is 0 Å². The summed E-state index contributed by atoms with van der Waals surface area (Å²) in [5.41, 5.74) is 0.969. The minimum atomic E-state index is -1.63. The summed E-state index contributed by atoms with van der Waals surface area (Å²) >= 11 is 0. The maximum Gasteiger partial charge on any atom is 0.488 e. The van der Waals surface area contributed by atoms with Gasteiger partial charge in [-0.3, -0.25) is 4.90 Å². The lowest BCUT2D eigenvalue weighted by molar-refractivity contribution is 0.194. The lowest BCUT2D eigenvalue weighted by Gasteiger charge is -2.27. The average Bonchev–Trinajstić information content (AvgIpc) is 2.84. The molecule has 1 aliphatic heterocycles. The molecule has 1 fully saturated rings. The molecule has 4 nitrogen and oxygen atoms in total. The number of likely N-dealkylation sites (tertiary alicyclic amines) is 1. The molecule has 0 aliphatic carbocycles. The van der Waals surface area contributed by atoms with Crippen LogP contribution >= 0.6 is 0 Å². The molecule has 116 valence electrons. The summed E-state index contributed by atoms with van der Waals surface area (Å²) in [5, 5.41) is 18.3. The molecule has 0 radical (unpaired) electrons. The number of halogens is 1. The summed E-state index contributed by atoms with van der Waals surface area (Å²) in [5.74, 6) is -0.431. The van der Waals surface area contributed by atoms with Gasteiger partial charge in [-0.15, -0.1) is 0 Å². The Labute approximate surface area is 126 Å². The van der Waals surface area contributed by atoms with Gasteiger partial charge in [0.1, 0.15) is 5.82 Å². The summed E-state index contributed by atoms with van der Waals surface area (Å²) in [7, 11) is 0.390. The number of hydrogen-bond acceptors (Lipinski definition) is 4. The van der Waals surface area contributed by atoms with Gasteiger partial charge in [0, 0.05) is 19.1 Å². The van der Waals surface area contributed by atoms with Crippen molar-refractivity contribution >= 4 is 12.6 Å². The van der Waals surface area contributed by atoms with Crippen LogP contribution in [-0.4, -0.2) is 59.7 Å². The SMILES string of the molecule is CCN1CCCC1CN(C)Cc1cc(F)cc(B(O)O)c1. The van der Waals surface area contributed by atoms with Crippen molar-refractivity contribution in [1.29, 1.82) is 0 Å². The Morgan fingerprint density at radius 3 is 2.81 bits per heavy atom. The number of nitrogens with zero attached hydrogens (tertiary/aromatic N) is 2. The molecule has 1 saturated heterocycles. The van der Waals surface area contributed by atoms with Crippen molar-refractivity contribution in [1.82, 2.24) is 9.80 Å². The van der Waals surface area contributed by atoms with E-state index >= 15 is 0 Å². The largest absolute Gasteiger partial charge is 0.488 e. The van der Waals surface area contributed by atoms with E-state index in [1.807, 2.05) is 7.05 Å².